The van der Waals surface area contributed by atoms with E-state index in [-0.39, 0.29) is 5.92 Å². The Bertz CT molecular complexity index is 1030. The lowest BCUT2D eigenvalue weighted by Gasteiger charge is -2.19. The van der Waals surface area contributed by atoms with E-state index in [0.717, 1.165) is 22.6 Å². The van der Waals surface area contributed by atoms with Gasteiger partial charge in [-0.1, -0.05) is 68.1 Å². The van der Waals surface area contributed by atoms with Crippen LogP contribution in [0.25, 0.3) is 5.69 Å². The van der Waals surface area contributed by atoms with E-state index in [2.05, 4.69) is 21.6 Å². The molecule has 1 aromatic heterocycles. The zero-order valence-corrected chi connectivity index (χ0v) is 18.0. The number of amides is 3. The predicted molar refractivity (Wildman–Crippen MR) is 118 cm³/mol. The Labute approximate surface area is 180 Å². The van der Waals surface area contributed by atoms with E-state index in [9.17, 15) is 9.59 Å². The first-order valence-electron chi connectivity index (χ1n) is 9.67. The van der Waals surface area contributed by atoms with Crippen LogP contribution >= 0.6 is 11.8 Å². The van der Waals surface area contributed by atoms with Crippen LogP contribution in [-0.2, 0) is 11.2 Å². The van der Waals surface area contributed by atoms with Crippen molar-refractivity contribution in [1.29, 1.82) is 0 Å². The monoisotopic (exact) mass is 423 g/mol. The molecule has 0 aliphatic carbocycles. The van der Waals surface area contributed by atoms with E-state index in [1.807, 2.05) is 73.9 Å². The number of benzene rings is 2. The fourth-order valence-corrected chi connectivity index (χ4v) is 4.16. The molecule has 0 spiro atoms. The fourth-order valence-electron chi connectivity index (χ4n) is 3.09. The minimum Gasteiger partial charge on any atom is -0.351 e. The second-order valence-electron chi connectivity index (χ2n) is 7.37. The maximum atomic E-state index is 12.5. The van der Waals surface area contributed by atoms with Crippen molar-refractivity contribution in [1.82, 2.24) is 20.1 Å². The zero-order valence-electron chi connectivity index (χ0n) is 17.2. The van der Waals surface area contributed by atoms with Crippen molar-refractivity contribution < 1.29 is 9.59 Å². The predicted octanol–water partition coefficient (Wildman–Crippen LogP) is 3.48. The van der Waals surface area contributed by atoms with Gasteiger partial charge in [0.1, 0.15) is 5.82 Å². The summed E-state index contributed by atoms with van der Waals surface area (Å²) in [6.07, 6.45) is 0.599. The Kier molecular flexibility index (Phi) is 6.89. The molecule has 2 aromatic carbocycles. The molecule has 3 N–H and O–H groups in total. The minimum atomic E-state index is -0.865. The van der Waals surface area contributed by atoms with Gasteiger partial charge in [-0.2, -0.15) is 0 Å². The van der Waals surface area contributed by atoms with E-state index in [0.29, 0.717) is 11.6 Å². The molecule has 7 nitrogen and oxygen atoms in total. The van der Waals surface area contributed by atoms with Crippen LogP contribution < -0.4 is 11.1 Å². The highest BCUT2D eigenvalue weighted by atomic mass is 32.2. The third-order valence-electron chi connectivity index (χ3n) is 4.51. The quantitative estimate of drug-likeness (QED) is 0.566. The summed E-state index contributed by atoms with van der Waals surface area (Å²) in [5, 5.41) is 11.0. The average Bonchev–Trinajstić information content (AvgIpc) is 3.08. The van der Waals surface area contributed by atoms with Crippen molar-refractivity contribution in [3.63, 3.8) is 0 Å². The SMILES string of the molecule is Cc1cccc(-n2c(Cc3ccccc3)nnc2S[C@H](C(=O)NC(N)=O)C(C)C)c1. The van der Waals surface area contributed by atoms with E-state index >= 15 is 0 Å². The molecule has 156 valence electrons. The Morgan fingerprint density at radius 3 is 2.47 bits per heavy atom. The molecule has 0 bridgehead atoms. The van der Waals surface area contributed by atoms with Crippen LogP contribution in [0, 0.1) is 12.8 Å². The smallest absolute Gasteiger partial charge is 0.318 e. The molecule has 1 heterocycles. The molecule has 0 fully saturated rings. The maximum Gasteiger partial charge on any atom is 0.318 e. The van der Waals surface area contributed by atoms with E-state index in [4.69, 9.17) is 5.73 Å². The number of rotatable bonds is 7. The average molecular weight is 424 g/mol. The Morgan fingerprint density at radius 1 is 1.10 bits per heavy atom. The summed E-state index contributed by atoms with van der Waals surface area (Å²) in [5.74, 6) is 0.285. The number of carbonyl (C=O) groups is 2. The molecule has 30 heavy (non-hydrogen) atoms. The second kappa shape index (κ2) is 9.58. The summed E-state index contributed by atoms with van der Waals surface area (Å²) in [6, 6.07) is 17.2. The van der Waals surface area contributed by atoms with Gasteiger partial charge in [-0.05, 0) is 36.1 Å². The molecule has 0 unspecified atom stereocenters. The van der Waals surface area contributed by atoms with Gasteiger partial charge in [0, 0.05) is 12.1 Å². The van der Waals surface area contributed by atoms with Crippen LogP contribution in [0.3, 0.4) is 0 Å². The van der Waals surface area contributed by atoms with Gasteiger partial charge in [0.15, 0.2) is 5.16 Å². The van der Waals surface area contributed by atoms with Crippen molar-refractivity contribution in [3.8, 4) is 5.69 Å². The van der Waals surface area contributed by atoms with Gasteiger partial charge in [-0.15, -0.1) is 10.2 Å². The highest BCUT2D eigenvalue weighted by molar-refractivity contribution is 8.00. The van der Waals surface area contributed by atoms with Crippen molar-refractivity contribution in [3.05, 3.63) is 71.5 Å². The van der Waals surface area contributed by atoms with Gasteiger partial charge in [0.2, 0.25) is 5.91 Å². The molecule has 0 aliphatic rings. The summed E-state index contributed by atoms with van der Waals surface area (Å²) in [4.78, 5) is 23.7. The lowest BCUT2D eigenvalue weighted by molar-refractivity contribution is -0.120. The first-order chi connectivity index (χ1) is 14.3. The van der Waals surface area contributed by atoms with Crippen molar-refractivity contribution >= 4 is 23.7 Å². The van der Waals surface area contributed by atoms with Crippen molar-refractivity contribution in [2.75, 3.05) is 0 Å². The van der Waals surface area contributed by atoms with Gasteiger partial charge < -0.3 is 5.73 Å². The molecular formula is C22H25N5O2S. The number of hydrogen-bond donors (Lipinski definition) is 2. The first-order valence-corrected chi connectivity index (χ1v) is 10.6. The molecule has 3 aromatic rings. The van der Waals surface area contributed by atoms with Gasteiger partial charge >= 0.3 is 6.03 Å². The van der Waals surface area contributed by atoms with Crippen LogP contribution in [0.1, 0.15) is 30.8 Å². The fraction of sp³-hybridized carbons (Fsp3) is 0.273. The van der Waals surface area contributed by atoms with Crippen LogP contribution in [0.5, 0.6) is 0 Å². The summed E-state index contributed by atoms with van der Waals surface area (Å²) >= 11 is 1.28. The maximum absolute atomic E-state index is 12.5. The Morgan fingerprint density at radius 2 is 1.83 bits per heavy atom. The van der Waals surface area contributed by atoms with Crippen molar-refractivity contribution in [2.45, 2.75) is 37.6 Å². The number of nitrogens with two attached hydrogens (primary N) is 1. The topological polar surface area (TPSA) is 103 Å². The molecule has 1 atom stereocenters. The number of thioether (sulfide) groups is 1. The van der Waals surface area contributed by atoms with Gasteiger partial charge in [0.25, 0.3) is 0 Å². The number of hydrogen-bond acceptors (Lipinski definition) is 5. The van der Waals surface area contributed by atoms with Gasteiger partial charge in [0.05, 0.1) is 5.25 Å². The van der Waals surface area contributed by atoms with E-state index in [1.54, 1.807) is 0 Å². The Hall–Kier alpha value is -3.13. The second-order valence-corrected chi connectivity index (χ2v) is 8.48. The normalized spacial score (nSPS) is 12.0. The summed E-state index contributed by atoms with van der Waals surface area (Å²) in [6.45, 7) is 5.85. The van der Waals surface area contributed by atoms with Gasteiger partial charge in [-0.3, -0.25) is 14.7 Å². The summed E-state index contributed by atoms with van der Waals surface area (Å²) in [5.41, 5.74) is 8.28. The summed E-state index contributed by atoms with van der Waals surface area (Å²) in [7, 11) is 0. The molecule has 3 amide bonds. The molecule has 8 heteroatoms. The number of aromatic nitrogens is 3. The minimum absolute atomic E-state index is 0.0467. The number of carbonyl (C=O) groups excluding carboxylic acids is 2. The lowest BCUT2D eigenvalue weighted by Crippen LogP contribution is -2.42. The first kappa shape index (κ1) is 21.6. The summed E-state index contributed by atoms with van der Waals surface area (Å²) < 4.78 is 1.97. The van der Waals surface area contributed by atoms with Gasteiger partial charge in [-0.25, -0.2) is 4.79 Å². The highest BCUT2D eigenvalue weighted by Gasteiger charge is 2.28. The zero-order chi connectivity index (χ0) is 21.7. The molecule has 0 saturated heterocycles. The molecule has 0 radical (unpaired) electrons. The number of primary amides is 1. The standard InChI is InChI=1S/C22H25N5O2S/c1-14(2)19(20(28)24-21(23)29)30-22-26-25-18(13-16-9-5-4-6-10-16)27(22)17-11-7-8-15(3)12-17/h4-12,14,19H,13H2,1-3H3,(H3,23,24,28,29)/t19-/m0/s1. The molecule has 0 saturated carbocycles. The number of imide groups is 1. The third kappa shape index (κ3) is 5.27. The van der Waals surface area contributed by atoms with E-state index < -0.39 is 17.2 Å². The van der Waals surface area contributed by atoms with Crippen LogP contribution in [0.2, 0.25) is 0 Å². The Balaban J connectivity index is 2.01. The number of urea groups is 1. The third-order valence-corrected chi connectivity index (χ3v) is 6.00. The number of nitrogens with zero attached hydrogens (tertiary/aromatic N) is 3. The van der Waals surface area contributed by atoms with Crippen molar-refractivity contribution in [2.24, 2.45) is 11.7 Å². The molecular weight excluding hydrogens is 398 g/mol. The molecule has 0 aliphatic heterocycles. The number of nitrogens with one attached hydrogen (secondary N) is 1. The largest absolute Gasteiger partial charge is 0.351 e. The number of aryl methyl sites for hydroxylation is 1. The van der Waals surface area contributed by atoms with Crippen LogP contribution in [0.4, 0.5) is 4.79 Å². The van der Waals surface area contributed by atoms with E-state index in [1.165, 1.54) is 11.8 Å². The molecule has 3 rings (SSSR count). The lowest BCUT2D eigenvalue weighted by atomic mass is 10.1. The van der Waals surface area contributed by atoms with Crippen LogP contribution in [0.15, 0.2) is 59.8 Å². The van der Waals surface area contributed by atoms with Crippen LogP contribution in [-0.4, -0.2) is 32.0 Å². The highest BCUT2D eigenvalue weighted by Crippen LogP contribution is 2.30.